The molecule has 90 valence electrons. The van der Waals surface area contributed by atoms with E-state index in [2.05, 4.69) is 25.9 Å². The lowest BCUT2D eigenvalue weighted by molar-refractivity contribution is -0.143. The van der Waals surface area contributed by atoms with Gasteiger partial charge in [-0.15, -0.1) is 0 Å². The van der Waals surface area contributed by atoms with Crippen molar-refractivity contribution in [1.29, 1.82) is 0 Å². The maximum absolute atomic E-state index is 11.4. The highest BCUT2D eigenvalue weighted by atomic mass is 79.9. The van der Waals surface area contributed by atoms with Crippen LogP contribution in [-0.2, 0) is 16.1 Å². The molecule has 0 atom stereocenters. The molecule has 0 saturated carbocycles. The maximum Gasteiger partial charge on any atom is 0.325 e. The molecule has 2 rings (SSSR count). The number of carbonyl (C=O) groups is 1. The first-order chi connectivity index (χ1) is 8.13. The average Bonchev–Trinajstić information content (AvgIpc) is 2.57. The molecule has 0 aliphatic rings. The Morgan fingerprint density at radius 1 is 1.59 bits per heavy atom. The first-order valence-electron chi connectivity index (χ1n) is 4.94. The molecular weight excluding hydrogens is 309 g/mol. The topological polar surface area (TPSA) is 57.0 Å². The number of halogens is 2. The largest absolute Gasteiger partial charge is 0.465 e. The van der Waals surface area contributed by atoms with E-state index >= 15 is 0 Å². The van der Waals surface area contributed by atoms with Crippen molar-refractivity contribution in [1.82, 2.24) is 14.5 Å². The van der Waals surface area contributed by atoms with Crippen LogP contribution in [0.1, 0.15) is 6.92 Å². The van der Waals surface area contributed by atoms with Gasteiger partial charge in [-0.3, -0.25) is 4.79 Å². The lowest BCUT2D eigenvalue weighted by Crippen LogP contribution is -2.12. The smallest absolute Gasteiger partial charge is 0.325 e. The Bertz CT molecular complexity index is 570. The molecule has 0 N–H and O–H groups in total. The molecule has 2 aromatic heterocycles. The Morgan fingerprint density at radius 2 is 2.35 bits per heavy atom. The molecule has 0 spiro atoms. The third kappa shape index (κ3) is 2.42. The number of aromatic nitrogens is 3. The van der Waals surface area contributed by atoms with E-state index in [-0.39, 0.29) is 12.5 Å². The molecule has 5 nitrogen and oxygen atoms in total. The molecule has 0 saturated heterocycles. The molecule has 0 aromatic carbocycles. The standard InChI is InChI=1S/C10H9BrClN3O2/c1-2-17-7(16)4-15-3-6(11)8-9(12)13-5-14-10(8)15/h3,5H,2,4H2,1H3. The summed E-state index contributed by atoms with van der Waals surface area (Å²) in [5, 5.41) is 1.04. The van der Waals surface area contributed by atoms with Crippen LogP contribution in [0.3, 0.4) is 0 Å². The fraction of sp³-hybridized carbons (Fsp3) is 0.300. The minimum Gasteiger partial charge on any atom is -0.465 e. The molecule has 0 aliphatic heterocycles. The van der Waals surface area contributed by atoms with E-state index in [1.54, 1.807) is 17.7 Å². The Hall–Kier alpha value is -1.14. The molecule has 7 heteroatoms. The highest BCUT2D eigenvalue weighted by Gasteiger charge is 2.14. The molecule has 0 fully saturated rings. The Labute approximate surface area is 111 Å². The minimum absolute atomic E-state index is 0.100. The molecule has 0 radical (unpaired) electrons. The van der Waals surface area contributed by atoms with Gasteiger partial charge in [0.2, 0.25) is 0 Å². The predicted molar refractivity (Wildman–Crippen MR) is 66.9 cm³/mol. The number of esters is 1. The Kier molecular flexibility index (Phi) is 3.63. The van der Waals surface area contributed by atoms with Crippen LogP contribution < -0.4 is 0 Å². The van der Waals surface area contributed by atoms with E-state index in [9.17, 15) is 4.79 Å². The van der Waals surface area contributed by atoms with E-state index in [1.807, 2.05) is 0 Å². The van der Waals surface area contributed by atoms with Gasteiger partial charge in [-0.05, 0) is 22.9 Å². The van der Waals surface area contributed by atoms with Crippen molar-refractivity contribution >= 4 is 44.5 Å². The van der Waals surface area contributed by atoms with Crippen molar-refractivity contribution in [2.24, 2.45) is 0 Å². The van der Waals surface area contributed by atoms with Crippen molar-refractivity contribution in [3.63, 3.8) is 0 Å². The van der Waals surface area contributed by atoms with Gasteiger partial charge in [-0.25, -0.2) is 9.97 Å². The molecular formula is C10H9BrClN3O2. The fourth-order valence-corrected chi connectivity index (χ4v) is 2.46. The van der Waals surface area contributed by atoms with Crippen LogP contribution in [0.25, 0.3) is 11.0 Å². The molecule has 2 heterocycles. The van der Waals surface area contributed by atoms with Crippen LogP contribution in [0.15, 0.2) is 17.0 Å². The predicted octanol–water partition coefficient (Wildman–Crippen LogP) is 2.41. The number of ether oxygens (including phenoxy) is 1. The summed E-state index contributed by atoms with van der Waals surface area (Å²) < 4.78 is 7.31. The fourth-order valence-electron chi connectivity index (χ4n) is 1.51. The zero-order valence-electron chi connectivity index (χ0n) is 8.98. The van der Waals surface area contributed by atoms with Crippen molar-refractivity contribution in [3.05, 3.63) is 22.1 Å². The summed E-state index contributed by atoms with van der Waals surface area (Å²) in [4.78, 5) is 19.4. The van der Waals surface area contributed by atoms with Gasteiger partial charge in [-0.2, -0.15) is 0 Å². The monoisotopic (exact) mass is 317 g/mol. The second kappa shape index (κ2) is 5.01. The minimum atomic E-state index is -0.313. The normalized spacial score (nSPS) is 10.8. The molecule has 0 bridgehead atoms. The Balaban J connectivity index is 2.42. The lowest BCUT2D eigenvalue weighted by Gasteiger charge is -2.03. The van der Waals surface area contributed by atoms with E-state index in [4.69, 9.17) is 16.3 Å². The second-order valence-electron chi connectivity index (χ2n) is 3.27. The van der Waals surface area contributed by atoms with Crippen LogP contribution >= 0.6 is 27.5 Å². The van der Waals surface area contributed by atoms with Crippen molar-refractivity contribution in [3.8, 4) is 0 Å². The summed E-state index contributed by atoms with van der Waals surface area (Å²) >= 11 is 9.32. The van der Waals surface area contributed by atoms with E-state index in [1.165, 1.54) is 6.33 Å². The van der Waals surface area contributed by atoms with Gasteiger partial charge in [0.25, 0.3) is 0 Å². The molecule has 0 amide bonds. The summed E-state index contributed by atoms with van der Waals surface area (Å²) in [6.07, 6.45) is 3.10. The summed E-state index contributed by atoms with van der Waals surface area (Å²) in [6, 6.07) is 0. The molecule has 2 aromatic rings. The number of hydrogen-bond donors (Lipinski definition) is 0. The third-order valence-electron chi connectivity index (χ3n) is 2.17. The highest BCUT2D eigenvalue weighted by Crippen LogP contribution is 2.29. The summed E-state index contributed by atoms with van der Waals surface area (Å²) in [5.41, 5.74) is 0.602. The molecule has 0 aliphatic carbocycles. The van der Waals surface area contributed by atoms with Gasteiger partial charge < -0.3 is 9.30 Å². The van der Waals surface area contributed by atoms with Crippen molar-refractivity contribution < 1.29 is 9.53 Å². The number of hydrogen-bond acceptors (Lipinski definition) is 4. The van der Waals surface area contributed by atoms with E-state index in [0.29, 0.717) is 22.8 Å². The van der Waals surface area contributed by atoms with Gasteiger partial charge in [0.05, 0.1) is 12.0 Å². The van der Waals surface area contributed by atoms with Crippen LogP contribution in [0, 0.1) is 0 Å². The summed E-state index contributed by atoms with van der Waals surface area (Å²) in [5.74, 6) is -0.313. The van der Waals surface area contributed by atoms with Gasteiger partial charge in [0.1, 0.15) is 23.7 Å². The summed E-state index contributed by atoms with van der Waals surface area (Å²) in [6.45, 7) is 2.22. The summed E-state index contributed by atoms with van der Waals surface area (Å²) in [7, 11) is 0. The number of fused-ring (bicyclic) bond motifs is 1. The number of nitrogens with zero attached hydrogens (tertiary/aromatic N) is 3. The van der Waals surface area contributed by atoms with Gasteiger partial charge >= 0.3 is 5.97 Å². The number of carbonyl (C=O) groups excluding carboxylic acids is 1. The third-order valence-corrected chi connectivity index (χ3v) is 3.05. The van der Waals surface area contributed by atoms with Crippen LogP contribution in [0.4, 0.5) is 0 Å². The molecule has 0 unspecified atom stereocenters. The lowest BCUT2D eigenvalue weighted by atomic mass is 10.4. The van der Waals surface area contributed by atoms with Gasteiger partial charge in [0.15, 0.2) is 0 Å². The van der Waals surface area contributed by atoms with Crippen molar-refractivity contribution in [2.75, 3.05) is 6.61 Å². The first kappa shape index (κ1) is 12.3. The SMILES string of the molecule is CCOC(=O)Cn1cc(Br)c2c(Cl)ncnc21. The van der Waals surface area contributed by atoms with Crippen LogP contribution in [0.2, 0.25) is 5.15 Å². The zero-order valence-corrected chi connectivity index (χ0v) is 11.3. The number of rotatable bonds is 3. The van der Waals surface area contributed by atoms with Crippen LogP contribution in [0.5, 0.6) is 0 Å². The highest BCUT2D eigenvalue weighted by molar-refractivity contribution is 9.10. The average molecular weight is 319 g/mol. The quantitative estimate of drug-likeness (QED) is 0.644. The molecule has 17 heavy (non-hydrogen) atoms. The van der Waals surface area contributed by atoms with Crippen LogP contribution in [-0.4, -0.2) is 27.1 Å². The zero-order chi connectivity index (χ0) is 12.4. The first-order valence-corrected chi connectivity index (χ1v) is 6.11. The van der Waals surface area contributed by atoms with Gasteiger partial charge in [0, 0.05) is 10.7 Å². The second-order valence-corrected chi connectivity index (χ2v) is 4.49. The van der Waals surface area contributed by atoms with E-state index in [0.717, 1.165) is 4.47 Å². The van der Waals surface area contributed by atoms with Gasteiger partial charge in [-0.1, -0.05) is 11.6 Å². The van der Waals surface area contributed by atoms with Crippen molar-refractivity contribution in [2.45, 2.75) is 13.5 Å². The van der Waals surface area contributed by atoms with E-state index < -0.39 is 0 Å². The Morgan fingerprint density at radius 3 is 3.06 bits per heavy atom. The maximum atomic E-state index is 11.4.